The van der Waals surface area contributed by atoms with Gasteiger partial charge in [0.2, 0.25) is 0 Å². The Morgan fingerprint density at radius 3 is 2.29 bits per heavy atom. The van der Waals surface area contributed by atoms with E-state index in [1.54, 1.807) is 6.92 Å². The summed E-state index contributed by atoms with van der Waals surface area (Å²) in [5.74, 6) is 0.190. The Kier molecular flexibility index (Phi) is 8.87. The number of benzene rings is 1. The van der Waals surface area contributed by atoms with Gasteiger partial charge in [0.25, 0.3) is 0 Å². The second kappa shape index (κ2) is 9.51. The highest BCUT2D eigenvalue weighted by Gasteiger charge is 2.27. The Bertz CT molecular complexity index is 476. The number of aryl methyl sites for hydroxylation is 1. The smallest absolute Gasteiger partial charge is 0.149 e. The SMILES string of the molecule is C/C=C(/CCC(C)(NC)C(C)=O)c1ccccc1C.CC. The number of carbonyl (C=O) groups excluding carboxylic acids is 1. The molecule has 0 aliphatic carbocycles. The van der Waals surface area contributed by atoms with Crippen LogP contribution in [0, 0.1) is 6.92 Å². The summed E-state index contributed by atoms with van der Waals surface area (Å²) in [6, 6.07) is 8.39. The molecular formula is C19H31NO. The molecule has 2 heteroatoms. The van der Waals surface area contributed by atoms with E-state index >= 15 is 0 Å². The monoisotopic (exact) mass is 289 g/mol. The third-order valence-electron chi connectivity index (χ3n) is 4.06. The standard InChI is InChI=1S/C17H25NO.C2H6/c1-6-15(16-10-8-7-9-13(16)2)11-12-17(4,18-5)14(3)19;1-2/h6-10,18H,11-12H2,1-5H3;1-2H3/b15-6-;. The summed E-state index contributed by atoms with van der Waals surface area (Å²) in [6.45, 7) is 11.8. The van der Waals surface area contributed by atoms with Crippen molar-refractivity contribution >= 4 is 11.4 Å². The summed E-state index contributed by atoms with van der Waals surface area (Å²) in [5, 5.41) is 3.15. The van der Waals surface area contributed by atoms with Crippen molar-refractivity contribution in [2.45, 2.75) is 59.9 Å². The number of nitrogens with one attached hydrogen (secondary N) is 1. The molecule has 1 N–H and O–H groups in total. The number of hydrogen-bond donors (Lipinski definition) is 1. The minimum Gasteiger partial charge on any atom is -0.308 e. The molecule has 0 fully saturated rings. The molecule has 0 heterocycles. The van der Waals surface area contributed by atoms with Crippen LogP contribution in [-0.4, -0.2) is 18.4 Å². The molecule has 0 aliphatic rings. The van der Waals surface area contributed by atoms with Crippen LogP contribution >= 0.6 is 0 Å². The Morgan fingerprint density at radius 2 is 1.86 bits per heavy atom. The van der Waals surface area contributed by atoms with Crippen LogP contribution in [0.25, 0.3) is 5.57 Å². The average molecular weight is 289 g/mol. The molecule has 0 saturated heterocycles. The molecule has 0 aliphatic heterocycles. The van der Waals surface area contributed by atoms with E-state index in [0.29, 0.717) is 0 Å². The molecule has 1 aromatic rings. The minimum atomic E-state index is -0.434. The number of allylic oxidation sites excluding steroid dienone is 2. The van der Waals surface area contributed by atoms with Gasteiger partial charge in [0.05, 0.1) is 5.54 Å². The Balaban J connectivity index is 0.00000191. The topological polar surface area (TPSA) is 29.1 Å². The molecule has 1 aromatic carbocycles. The molecule has 0 aromatic heterocycles. The zero-order valence-corrected chi connectivity index (χ0v) is 14.7. The first-order valence-corrected chi connectivity index (χ1v) is 7.85. The molecule has 1 atom stereocenters. The van der Waals surface area contributed by atoms with Crippen LogP contribution < -0.4 is 5.32 Å². The van der Waals surface area contributed by atoms with Crippen molar-refractivity contribution in [1.29, 1.82) is 0 Å². The van der Waals surface area contributed by atoms with Gasteiger partial charge >= 0.3 is 0 Å². The molecule has 0 bridgehead atoms. The van der Waals surface area contributed by atoms with Crippen LogP contribution in [0.5, 0.6) is 0 Å². The lowest BCUT2D eigenvalue weighted by Crippen LogP contribution is -2.46. The summed E-state index contributed by atoms with van der Waals surface area (Å²) >= 11 is 0. The van der Waals surface area contributed by atoms with Crippen molar-refractivity contribution < 1.29 is 4.79 Å². The number of carbonyl (C=O) groups is 1. The van der Waals surface area contributed by atoms with E-state index in [2.05, 4.69) is 49.5 Å². The van der Waals surface area contributed by atoms with E-state index in [1.807, 2.05) is 27.8 Å². The van der Waals surface area contributed by atoms with Crippen LogP contribution in [0.4, 0.5) is 0 Å². The van der Waals surface area contributed by atoms with Gasteiger partial charge in [-0.3, -0.25) is 4.79 Å². The van der Waals surface area contributed by atoms with Crippen LogP contribution in [-0.2, 0) is 4.79 Å². The zero-order chi connectivity index (χ0) is 16.5. The largest absolute Gasteiger partial charge is 0.308 e. The quantitative estimate of drug-likeness (QED) is 0.817. The maximum atomic E-state index is 11.7. The second-order valence-corrected chi connectivity index (χ2v) is 5.27. The number of hydrogen-bond acceptors (Lipinski definition) is 2. The Labute approximate surface area is 130 Å². The first-order chi connectivity index (χ1) is 9.94. The normalized spacial score (nSPS) is 14.0. The van der Waals surface area contributed by atoms with Gasteiger partial charge < -0.3 is 5.32 Å². The van der Waals surface area contributed by atoms with Crippen LogP contribution in [0.2, 0.25) is 0 Å². The summed E-state index contributed by atoms with van der Waals surface area (Å²) in [7, 11) is 1.85. The van der Waals surface area contributed by atoms with E-state index in [-0.39, 0.29) is 5.78 Å². The van der Waals surface area contributed by atoms with Crippen molar-refractivity contribution in [3.63, 3.8) is 0 Å². The number of likely N-dealkylation sites (N-methyl/N-ethyl adjacent to an activating group) is 1. The fourth-order valence-corrected chi connectivity index (χ4v) is 2.23. The molecular weight excluding hydrogens is 258 g/mol. The molecule has 0 saturated carbocycles. The van der Waals surface area contributed by atoms with Crippen molar-refractivity contribution in [3.8, 4) is 0 Å². The predicted molar refractivity (Wildman–Crippen MR) is 93.6 cm³/mol. The van der Waals surface area contributed by atoms with Crippen molar-refractivity contribution in [1.82, 2.24) is 5.32 Å². The highest BCUT2D eigenvalue weighted by Crippen LogP contribution is 2.26. The fraction of sp³-hybridized carbons (Fsp3) is 0.526. The lowest BCUT2D eigenvalue weighted by Gasteiger charge is -2.27. The van der Waals surface area contributed by atoms with Gasteiger partial charge in [-0.05, 0) is 64.3 Å². The number of rotatable bonds is 6. The molecule has 0 amide bonds. The van der Waals surface area contributed by atoms with E-state index in [0.717, 1.165) is 12.8 Å². The molecule has 1 unspecified atom stereocenters. The number of Topliss-reactive ketones (excluding diaryl/α,β-unsaturated/α-hetero) is 1. The summed E-state index contributed by atoms with van der Waals surface area (Å²) in [4.78, 5) is 11.7. The van der Waals surface area contributed by atoms with E-state index < -0.39 is 5.54 Å². The Morgan fingerprint density at radius 1 is 1.29 bits per heavy atom. The Hall–Kier alpha value is -1.41. The van der Waals surface area contributed by atoms with Crippen LogP contribution in [0.15, 0.2) is 30.3 Å². The number of ketones is 1. The summed E-state index contributed by atoms with van der Waals surface area (Å²) in [6.07, 6.45) is 3.86. The highest BCUT2D eigenvalue weighted by atomic mass is 16.1. The molecule has 0 spiro atoms. The maximum Gasteiger partial charge on any atom is 0.149 e. The maximum absolute atomic E-state index is 11.7. The van der Waals surface area contributed by atoms with Gasteiger partial charge in [-0.2, -0.15) is 0 Å². The van der Waals surface area contributed by atoms with Crippen molar-refractivity contribution in [3.05, 3.63) is 41.5 Å². The van der Waals surface area contributed by atoms with Gasteiger partial charge in [0.1, 0.15) is 5.78 Å². The average Bonchev–Trinajstić information content (AvgIpc) is 2.51. The van der Waals surface area contributed by atoms with Crippen molar-refractivity contribution in [2.24, 2.45) is 0 Å². The van der Waals surface area contributed by atoms with Gasteiger partial charge in [-0.15, -0.1) is 0 Å². The van der Waals surface area contributed by atoms with E-state index in [9.17, 15) is 4.79 Å². The summed E-state index contributed by atoms with van der Waals surface area (Å²) < 4.78 is 0. The van der Waals surface area contributed by atoms with Gasteiger partial charge in [0.15, 0.2) is 0 Å². The van der Waals surface area contributed by atoms with Gasteiger partial charge in [0, 0.05) is 0 Å². The lowest BCUT2D eigenvalue weighted by atomic mass is 9.87. The molecule has 2 nitrogen and oxygen atoms in total. The van der Waals surface area contributed by atoms with Crippen molar-refractivity contribution in [2.75, 3.05) is 7.05 Å². The molecule has 0 radical (unpaired) electrons. The third-order valence-corrected chi connectivity index (χ3v) is 4.06. The summed E-state index contributed by atoms with van der Waals surface area (Å²) in [5.41, 5.74) is 3.44. The van der Waals surface area contributed by atoms with E-state index in [1.165, 1.54) is 16.7 Å². The minimum absolute atomic E-state index is 0.190. The molecule has 1 rings (SSSR count). The second-order valence-electron chi connectivity index (χ2n) is 5.27. The lowest BCUT2D eigenvalue weighted by molar-refractivity contribution is -0.122. The zero-order valence-electron chi connectivity index (χ0n) is 14.7. The van der Waals surface area contributed by atoms with Crippen LogP contribution in [0.1, 0.15) is 58.6 Å². The molecule has 118 valence electrons. The first-order valence-electron chi connectivity index (χ1n) is 7.85. The fourth-order valence-electron chi connectivity index (χ4n) is 2.23. The van der Waals surface area contributed by atoms with E-state index in [4.69, 9.17) is 0 Å². The third kappa shape index (κ3) is 5.47. The molecule has 21 heavy (non-hydrogen) atoms. The predicted octanol–water partition coefficient (Wildman–Crippen LogP) is 4.77. The van der Waals surface area contributed by atoms with Gasteiger partial charge in [-0.25, -0.2) is 0 Å². The first kappa shape index (κ1) is 19.6. The van der Waals surface area contributed by atoms with Crippen LogP contribution in [0.3, 0.4) is 0 Å². The van der Waals surface area contributed by atoms with Gasteiger partial charge in [-0.1, -0.05) is 44.2 Å². The highest BCUT2D eigenvalue weighted by molar-refractivity contribution is 5.86.